The van der Waals surface area contributed by atoms with Crippen molar-refractivity contribution in [1.82, 2.24) is 9.88 Å². The summed E-state index contributed by atoms with van der Waals surface area (Å²) in [7, 11) is -3.23. The van der Waals surface area contributed by atoms with Crippen molar-refractivity contribution in [2.24, 2.45) is 5.41 Å². The molecule has 0 aliphatic heterocycles. The Bertz CT molecular complexity index is 554. The third kappa shape index (κ3) is 3.61. The molecule has 2 rings (SSSR count). The molecule has 0 bridgehead atoms. The highest BCUT2D eigenvalue weighted by Gasteiger charge is 2.36. The molecule has 1 atom stereocenters. The van der Waals surface area contributed by atoms with Gasteiger partial charge in [-0.25, -0.2) is 13.1 Å². The second-order valence-corrected chi connectivity index (χ2v) is 8.20. The third-order valence-corrected chi connectivity index (χ3v) is 6.01. The summed E-state index contributed by atoms with van der Waals surface area (Å²) in [5.74, 6) is 0.992. The lowest BCUT2D eigenvalue weighted by Crippen LogP contribution is -2.42. The highest BCUT2D eigenvalue weighted by molar-refractivity contribution is 7.89. The highest BCUT2D eigenvalue weighted by atomic mass is 32.2. The molecule has 20 heavy (non-hydrogen) atoms. The lowest BCUT2D eigenvalue weighted by molar-refractivity contribution is 0.193. The molecule has 0 amide bonds. The largest absolute Gasteiger partial charge is 0.361 e. The van der Waals surface area contributed by atoms with Gasteiger partial charge in [-0.1, -0.05) is 18.5 Å². The van der Waals surface area contributed by atoms with E-state index in [1.807, 2.05) is 20.8 Å². The van der Waals surface area contributed by atoms with E-state index in [-0.39, 0.29) is 17.2 Å². The Morgan fingerprint density at radius 2 is 2.05 bits per heavy atom. The van der Waals surface area contributed by atoms with Crippen molar-refractivity contribution in [2.75, 3.05) is 5.75 Å². The highest BCUT2D eigenvalue weighted by Crippen LogP contribution is 2.41. The minimum absolute atomic E-state index is 0.0332. The van der Waals surface area contributed by atoms with Crippen LogP contribution < -0.4 is 4.72 Å². The van der Waals surface area contributed by atoms with Gasteiger partial charge in [-0.2, -0.15) is 0 Å². The van der Waals surface area contributed by atoms with E-state index in [9.17, 15) is 8.42 Å². The van der Waals surface area contributed by atoms with Crippen molar-refractivity contribution < 1.29 is 12.9 Å². The first kappa shape index (κ1) is 15.5. The lowest BCUT2D eigenvalue weighted by Gasteiger charge is -2.38. The Kier molecular flexibility index (Phi) is 4.25. The van der Waals surface area contributed by atoms with Crippen LogP contribution in [0.5, 0.6) is 0 Å². The molecule has 114 valence electrons. The first-order chi connectivity index (χ1) is 9.21. The van der Waals surface area contributed by atoms with Crippen LogP contribution in [0, 0.1) is 19.3 Å². The summed E-state index contributed by atoms with van der Waals surface area (Å²) in [6.45, 7) is 7.66. The van der Waals surface area contributed by atoms with Crippen LogP contribution in [0.4, 0.5) is 0 Å². The minimum Gasteiger partial charge on any atom is -0.361 e. The normalized spacial score (nSPS) is 19.6. The van der Waals surface area contributed by atoms with Gasteiger partial charge in [-0.3, -0.25) is 0 Å². The smallest absolute Gasteiger partial charge is 0.212 e. The third-order valence-electron chi connectivity index (χ3n) is 4.17. The van der Waals surface area contributed by atoms with Crippen molar-refractivity contribution in [1.29, 1.82) is 0 Å². The van der Waals surface area contributed by atoms with Crippen molar-refractivity contribution in [3.63, 3.8) is 0 Å². The van der Waals surface area contributed by atoms with Gasteiger partial charge in [0.15, 0.2) is 0 Å². The van der Waals surface area contributed by atoms with Crippen LogP contribution in [0.25, 0.3) is 0 Å². The molecule has 1 aliphatic rings. The van der Waals surface area contributed by atoms with E-state index in [0.717, 1.165) is 36.3 Å². The summed E-state index contributed by atoms with van der Waals surface area (Å²) < 4.78 is 32.3. The van der Waals surface area contributed by atoms with Crippen LogP contribution in [0.1, 0.15) is 50.1 Å². The Hall–Kier alpha value is -0.880. The Morgan fingerprint density at radius 1 is 1.40 bits per heavy atom. The minimum atomic E-state index is -3.23. The maximum atomic E-state index is 12.2. The summed E-state index contributed by atoms with van der Waals surface area (Å²) in [6.07, 6.45) is 3.76. The van der Waals surface area contributed by atoms with Crippen LogP contribution >= 0.6 is 0 Å². The van der Waals surface area contributed by atoms with Gasteiger partial charge in [0.1, 0.15) is 5.76 Å². The number of aryl methyl sites for hydroxylation is 2. The Morgan fingerprint density at radius 3 is 2.50 bits per heavy atom. The topological polar surface area (TPSA) is 72.2 Å². The number of sulfonamides is 1. The maximum Gasteiger partial charge on any atom is 0.212 e. The zero-order valence-electron chi connectivity index (χ0n) is 12.7. The van der Waals surface area contributed by atoms with E-state index in [4.69, 9.17) is 4.52 Å². The van der Waals surface area contributed by atoms with E-state index in [2.05, 4.69) is 16.8 Å². The predicted octanol–water partition coefficient (Wildman–Crippen LogP) is 2.33. The summed E-state index contributed by atoms with van der Waals surface area (Å²) in [5, 5.41) is 3.90. The van der Waals surface area contributed by atoms with Crippen molar-refractivity contribution in [3.05, 3.63) is 17.0 Å². The second kappa shape index (κ2) is 5.48. The SMILES string of the molecule is Cc1noc(C)c1CC(C)NS(=O)(=O)CC1(C)CCC1. The van der Waals surface area contributed by atoms with Gasteiger partial charge >= 0.3 is 0 Å². The van der Waals surface area contributed by atoms with Crippen molar-refractivity contribution >= 4 is 10.0 Å². The molecule has 1 unspecified atom stereocenters. The fourth-order valence-corrected chi connectivity index (χ4v) is 4.86. The zero-order valence-corrected chi connectivity index (χ0v) is 13.5. The van der Waals surface area contributed by atoms with Gasteiger partial charge < -0.3 is 4.52 Å². The predicted molar refractivity (Wildman–Crippen MR) is 78.0 cm³/mol. The fraction of sp³-hybridized carbons (Fsp3) is 0.786. The van der Waals surface area contributed by atoms with Gasteiger partial charge in [-0.05, 0) is 45.4 Å². The number of hydrogen-bond acceptors (Lipinski definition) is 4. The van der Waals surface area contributed by atoms with Crippen molar-refractivity contribution in [2.45, 2.75) is 59.4 Å². The number of hydrogen-bond donors (Lipinski definition) is 1. The maximum absolute atomic E-state index is 12.2. The van der Waals surface area contributed by atoms with Gasteiger partial charge in [-0.15, -0.1) is 0 Å². The molecule has 0 saturated heterocycles. The second-order valence-electron chi connectivity index (χ2n) is 6.45. The quantitative estimate of drug-likeness (QED) is 0.875. The first-order valence-electron chi connectivity index (χ1n) is 7.12. The molecule has 1 aromatic rings. The lowest BCUT2D eigenvalue weighted by atomic mass is 9.72. The molecule has 0 aromatic carbocycles. The summed E-state index contributed by atoms with van der Waals surface area (Å²) in [5.41, 5.74) is 1.80. The van der Waals surface area contributed by atoms with Gasteiger partial charge in [0.25, 0.3) is 0 Å². The number of nitrogens with zero attached hydrogens (tertiary/aromatic N) is 1. The number of nitrogens with one attached hydrogen (secondary N) is 1. The van der Waals surface area contributed by atoms with Gasteiger partial charge in [0.2, 0.25) is 10.0 Å². The summed E-state index contributed by atoms with van der Waals surface area (Å²) in [4.78, 5) is 0. The molecule has 5 nitrogen and oxygen atoms in total. The molecular weight excluding hydrogens is 276 g/mol. The molecule has 1 aliphatic carbocycles. The molecule has 0 radical (unpaired) electrons. The summed E-state index contributed by atoms with van der Waals surface area (Å²) in [6, 6.07) is -0.152. The average Bonchev–Trinajstić information content (AvgIpc) is 2.57. The monoisotopic (exact) mass is 300 g/mol. The van der Waals surface area contributed by atoms with E-state index in [1.165, 1.54) is 0 Å². The Balaban J connectivity index is 1.95. The first-order valence-corrected chi connectivity index (χ1v) is 8.78. The van der Waals surface area contributed by atoms with Crippen LogP contribution in [-0.2, 0) is 16.4 Å². The van der Waals surface area contributed by atoms with Crippen LogP contribution in [0.3, 0.4) is 0 Å². The van der Waals surface area contributed by atoms with E-state index >= 15 is 0 Å². The number of rotatable bonds is 6. The van der Waals surface area contributed by atoms with E-state index < -0.39 is 10.0 Å². The average molecular weight is 300 g/mol. The molecule has 6 heteroatoms. The molecule has 1 heterocycles. The molecule has 0 spiro atoms. The molecule has 1 fully saturated rings. The Labute approximate surface area is 121 Å². The van der Waals surface area contributed by atoms with E-state index in [0.29, 0.717) is 6.42 Å². The molecular formula is C14H24N2O3S. The van der Waals surface area contributed by atoms with Crippen LogP contribution in [0.15, 0.2) is 4.52 Å². The van der Waals surface area contributed by atoms with E-state index in [1.54, 1.807) is 0 Å². The standard InChI is InChI=1S/C14H24N2O3S/c1-10(8-13-11(2)15-19-12(13)3)16-20(17,18)9-14(4)6-5-7-14/h10,16H,5-9H2,1-4H3. The molecule has 1 saturated carbocycles. The zero-order chi connectivity index (χ0) is 15.0. The number of aromatic nitrogens is 1. The van der Waals surface area contributed by atoms with Crippen molar-refractivity contribution in [3.8, 4) is 0 Å². The molecule has 1 N–H and O–H groups in total. The van der Waals surface area contributed by atoms with Crippen LogP contribution in [0.2, 0.25) is 0 Å². The van der Waals surface area contributed by atoms with Gasteiger partial charge in [0, 0.05) is 11.6 Å². The van der Waals surface area contributed by atoms with Gasteiger partial charge in [0.05, 0.1) is 11.4 Å². The van der Waals surface area contributed by atoms with Crippen LogP contribution in [-0.4, -0.2) is 25.4 Å². The molecule has 1 aromatic heterocycles. The summed E-state index contributed by atoms with van der Waals surface area (Å²) >= 11 is 0. The fourth-order valence-electron chi connectivity index (χ4n) is 2.87.